The van der Waals surface area contributed by atoms with E-state index in [0.717, 1.165) is 10.6 Å². The fourth-order valence-corrected chi connectivity index (χ4v) is 2.32. The first kappa shape index (κ1) is 12.7. The molecule has 0 aliphatic rings. The van der Waals surface area contributed by atoms with Crippen LogP contribution >= 0.6 is 11.3 Å². The molecule has 0 radical (unpaired) electrons. The molecular formula is C13H14N2O2S. The Labute approximate surface area is 109 Å². The second-order valence-electron chi connectivity index (χ2n) is 4.71. The van der Waals surface area contributed by atoms with Crippen LogP contribution < -0.4 is 0 Å². The molecule has 1 heterocycles. The summed E-state index contributed by atoms with van der Waals surface area (Å²) in [5.74, 6) is -0.894. The molecule has 1 aromatic carbocycles. The number of aryl methyl sites for hydroxylation is 1. The molecule has 5 heteroatoms. The molecule has 1 aromatic heterocycles. The second kappa shape index (κ2) is 4.49. The summed E-state index contributed by atoms with van der Waals surface area (Å²) in [4.78, 5) is 11.2. The van der Waals surface area contributed by atoms with Crippen LogP contribution in [-0.2, 0) is 10.2 Å². The minimum Gasteiger partial charge on any atom is -0.481 e. The van der Waals surface area contributed by atoms with Gasteiger partial charge in [0.25, 0.3) is 0 Å². The fourth-order valence-electron chi connectivity index (χ4n) is 1.38. The predicted octanol–water partition coefficient (Wildman–Crippen LogP) is 2.88. The van der Waals surface area contributed by atoms with Crippen LogP contribution in [0.2, 0.25) is 0 Å². The van der Waals surface area contributed by atoms with Gasteiger partial charge in [-0.05, 0) is 20.8 Å². The molecule has 0 fully saturated rings. The summed E-state index contributed by atoms with van der Waals surface area (Å²) >= 11 is 1.32. The first-order valence-electron chi connectivity index (χ1n) is 5.55. The van der Waals surface area contributed by atoms with Gasteiger partial charge in [-0.1, -0.05) is 41.2 Å². The van der Waals surface area contributed by atoms with Gasteiger partial charge in [0.2, 0.25) is 0 Å². The van der Waals surface area contributed by atoms with Crippen molar-refractivity contribution in [1.29, 1.82) is 0 Å². The van der Waals surface area contributed by atoms with Crippen molar-refractivity contribution in [2.45, 2.75) is 26.2 Å². The molecule has 0 spiro atoms. The van der Waals surface area contributed by atoms with Crippen molar-refractivity contribution < 1.29 is 9.90 Å². The molecule has 4 nitrogen and oxygen atoms in total. The average molecular weight is 262 g/mol. The van der Waals surface area contributed by atoms with Gasteiger partial charge in [0.05, 0.1) is 0 Å². The Kier molecular flexibility index (Phi) is 3.17. The molecule has 0 bridgehead atoms. The third kappa shape index (κ3) is 2.26. The van der Waals surface area contributed by atoms with Crippen LogP contribution in [0.1, 0.15) is 24.4 Å². The van der Waals surface area contributed by atoms with Crippen LogP contribution in [0.3, 0.4) is 0 Å². The van der Waals surface area contributed by atoms with E-state index in [1.807, 2.05) is 31.2 Å². The Morgan fingerprint density at radius 3 is 2.39 bits per heavy atom. The van der Waals surface area contributed by atoms with E-state index in [2.05, 4.69) is 10.2 Å². The van der Waals surface area contributed by atoms with E-state index in [1.54, 1.807) is 13.8 Å². The maximum atomic E-state index is 11.2. The van der Waals surface area contributed by atoms with E-state index in [4.69, 9.17) is 5.11 Å². The van der Waals surface area contributed by atoms with Crippen LogP contribution in [-0.4, -0.2) is 21.3 Å². The van der Waals surface area contributed by atoms with E-state index < -0.39 is 11.4 Å². The largest absolute Gasteiger partial charge is 0.481 e. The monoisotopic (exact) mass is 262 g/mol. The standard InChI is InChI=1S/C13H14N2O2S/c1-8-4-6-9(7-5-8)10-14-15-11(18-10)13(2,3)12(16)17/h4-7H,1-3H3,(H,16,17). The van der Waals surface area contributed by atoms with Gasteiger partial charge < -0.3 is 5.11 Å². The Morgan fingerprint density at radius 1 is 1.22 bits per heavy atom. The number of carbonyl (C=O) groups is 1. The summed E-state index contributed by atoms with van der Waals surface area (Å²) in [6, 6.07) is 7.93. The molecule has 0 aliphatic heterocycles. The number of aromatic nitrogens is 2. The predicted molar refractivity (Wildman–Crippen MR) is 70.7 cm³/mol. The molecule has 18 heavy (non-hydrogen) atoms. The summed E-state index contributed by atoms with van der Waals surface area (Å²) in [5, 5.41) is 18.5. The number of nitrogens with zero attached hydrogens (tertiary/aromatic N) is 2. The van der Waals surface area contributed by atoms with Gasteiger partial charge >= 0.3 is 5.97 Å². The Balaban J connectivity index is 2.37. The maximum Gasteiger partial charge on any atom is 0.316 e. The Morgan fingerprint density at radius 2 is 1.83 bits per heavy atom. The van der Waals surface area contributed by atoms with Crippen molar-refractivity contribution >= 4 is 17.3 Å². The Hall–Kier alpha value is -1.75. The number of carboxylic acid groups (broad SMARTS) is 1. The second-order valence-corrected chi connectivity index (χ2v) is 5.69. The zero-order valence-corrected chi connectivity index (χ0v) is 11.3. The Bertz CT molecular complexity index is 573. The van der Waals surface area contributed by atoms with Crippen molar-refractivity contribution in [3.63, 3.8) is 0 Å². The molecule has 2 aromatic rings. The third-order valence-corrected chi connectivity index (χ3v) is 4.09. The van der Waals surface area contributed by atoms with Crippen molar-refractivity contribution in [3.8, 4) is 10.6 Å². The normalized spacial score (nSPS) is 11.5. The lowest BCUT2D eigenvalue weighted by atomic mass is 9.95. The highest BCUT2D eigenvalue weighted by atomic mass is 32.1. The molecule has 2 rings (SSSR count). The van der Waals surface area contributed by atoms with E-state index in [0.29, 0.717) is 5.01 Å². The quantitative estimate of drug-likeness (QED) is 0.923. The number of hydrogen-bond donors (Lipinski definition) is 1. The number of rotatable bonds is 3. The van der Waals surface area contributed by atoms with Gasteiger partial charge in [0, 0.05) is 5.56 Å². The van der Waals surface area contributed by atoms with Crippen LogP contribution in [0.4, 0.5) is 0 Å². The lowest BCUT2D eigenvalue weighted by molar-refractivity contribution is -0.142. The summed E-state index contributed by atoms with van der Waals surface area (Å²) in [7, 11) is 0. The maximum absolute atomic E-state index is 11.2. The van der Waals surface area contributed by atoms with E-state index >= 15 is 0 Å². The summed E-state index contributed by atoms with van der Waals surface area (Å²) in [6.07, 6.45) is 0. The zero-order chi connectivity index (χ0) is 13.3. The fraction of sp³-hybridized carbons (Fsp3) is 0.308. The number of aliphatic carboxylic acids is 1. The topological polar surface area (TPSA) is 63.1 Å². The van der Waals surface area contributed by atoms with E-state index in [1.165, 1.54) is 16.9 Å². The summed E-state index contributed by atoms with van der Waals surface area (Å²) < 4.78 is 0. The molecule has 0 saturated carbocycles. The highest BCUT2D eigenvalue weighted by molar-refractivity contribution is 7.15. The SMILES string of the molecule is Cc1ccc(-c2nnc(C(C)(C)C(=O)O)s2)cc1. The number of hydrogen-bond acceptors (Lipinski definition) is 4. The minimum absolute atomic E-state index is 0.519. The van der Waals surface area contributed by atoms with E-state index in [-0.39, 0.29) is 0 Å². The van der Waals surface area contributed by atoms with Crippen molar-refractivity contribution in [2.75, 3.05) is 0 Å². The highest BCUT2D eigenvalue weighted by Crippen LogP contribution is 2.31. The van der Waals surface area contributed by atoms with Crippen LogP contribution in [0, 0.1) is 6.92 Å². The van der Waals surface area contributed by atoms with Gasteiger partial charge in [-0.15, -0.1) is 10.2 Å². The number of carboxylic acids is 1. The molecule has 1 N–H and O–H groups in total. The first-order valence-corrected chi connectivity index (χ1v) is 6.37. The van der Waals surface area contributed by atoms with Crippen LogP contribution in [0.15, 0.2) is 24.3 Å². The van der Waals surface area contributed by atoms with Gasteiger partial charge in [-0.25, -0.2) is 0 Å². The number of benzene rings is 1. The molecule has 0 aliphatic carbocycles. The summed E-state index contributed by atoms with van der Waals surface area (Å²) in [6.45, 7) is 5.28. The van der Waals surface area contributed by atoms with Crippen LogP contribution in [0.25, 0.3) is 10.6 Å². The van der Waals surface area contributed by atoms with Gasteiger partial charge in [0.1, 0.15) is 15.4 Å². The lowest BCUT2D eigenvalue weighted by Crippen LogP contribution is -2.28. The minimum atomic E-state index is -0.999. The van der Waals surface area contributed by atoms with Gasteiger partial charge in [0.15, 0.2) is 0 Å². The molecule has 0 atom stereocenters. The summed E-state index contributed by atoms with van der Waals surface area (Å²) in [5.41, 5.74) is 1.14. The lowest BCUT2D eigenvalue weighted by Gasteiger charge is -2.13. The highest BCUT2D eigenvalue weighted by Gasteiger charge is 2.33. The smallest absolute Gasteiger partial charge is 0.316 e. The van der Waals surface area contributed by atoms with Gasteiger partial charge in [-0.3, -0.25) is 4.79 Å². The zero-order valence-electron chi connectivity index (χ0n) is 10.5. The van der Waals surface area contributed by atoms with Gasteiger partial charge in [-0.2, -0.15) is 0 Å². The van der Waals surface area contributed by atoms with Crippen molar-refractivity contribution in [1.82, 2.24) is 10.2 Å². The third-order valence-electron chi connectivity index (χ3n) is 2.79. The van der Waals surface area contributed by atoms with E-state index in [9.17, 15) is 4.79 Å². The molecule has 0 saturated heterocycles. The molecular weight excluding hydrogens is 248 g/mol. The van der Waals surface area contributed by atoms with Crippen molar-refractivity contribution in [3.05, 3.63) is 34.8 Å². The first-order chi connectivity index (χ1) is 8.41. The van der Waals surface area contributed by atoms with Crippen LogP contribution in [0.5, 0.6) is 0 Å². The average Bonchev–Trinajstić information content (AvgIpc) is 2.79. The molecule has 0 unspecified atom stereocenters. The molecule has 94 valence electrons. The molecule has 0 amide bonds. The van der Waals surface area contributed by atoms with Crippen molar-refractivity contribution in [2.24, 2.45) is 0 Å².